The fourth-order valence-corrected chi connectivity index (χ4v) is 6.33. The van der Waals surface area contributed by atoms with Gasteiger partial charge in [0.15, 0.2) is 0 Å². The van der Waals surface area contributed by atoms with Gasteiger partial charge in [-0.3, -0.25) is 13.9 Å². The molecule has 0 saturated carbocycles. The largest absolute Gasteiger partial charge is 0.495 e. The van der Waals surface area contributed by atoms with E-state index in [1.165, 1.54) is 29.7 Å². The lowest BCUT2D eigenvalue weighted by atomic mass is 10.2. The van der Waals surface area contributed by atoms with E-state index in [4.69, 9.17) is 9.47 Å². The molecule has 4 aromatic rings. The molecule has 0 unspecified atom stereocenters. The van der Waals surface area contributed by atoms with Gasteiger partial charge in [0.2, 0.25) is 0 Å². The van der Waals surface area contributed by atoms with E-state index in [-0.39, 0.29) is 41.0 Å². The number of amides is 1. The number of hydrogen-bond donors (Lipinski definition) is 2. The van der Waals surface area contributed by atoms with Crippen LogP contribution in [0.15, 0.2) is 88.4 Å². The summed E-state index contributed by atoms with van der Waals surface area (Å²) in [6, 6.07) is 20.8. The third-order valence-corrected chi connectivity index (χ3v) is 8.90. The number of halogens is 1. The zero-order chi connectivity index (χ0) is 30.8. The minimum Gasteiger partial charge on any atom is -0.495 e. The van der Waals surface area contributed by atoms with E-state index in [0.717, 1.165) is 10.0 Å². The molecule has 0 aliphatic rings. The van der Waals surface area contributed by atoms with Crippen LogP contribution in [0.5, 0.6) is 5.75 Å². The van der Waals surface area contributed by atoms with E-state index in [0.29, 0.717) is 37.4 Å². The number of unbranched alkanes of at least 4 members (excludes halogenated alkanes) is 2. The number of esters is 1. The third-order valence-electron chi connectivity index (χ3n) is 6.52. The number of ether oxygens (including phenoxy) is 2. The second-order valence-electron chi connectivity index (χ2n) is 9.50. The lowest BCUT2D eigenvalue weighted by molar-refractivity contribution is -0.143. The van der Waals surface area contributed by atoms with Crippen molar-refractivity contribution in [2.45, 2.75) is 37.5 Å². The van der Waals surface area contributed by atoms with Crippen molar-refractivity contribution in [3.05, 3.63) is 89.2 Å². The van der Waals surface area contributed by atoms with Gasteiger partial charge in [0, 0.05) is 28.7 Å². The Balaban J connectivity index is 1.56. The molecule has 0 atom stereocenters. The van der Waals surface area contributed by atoms with E-state index in [1.54, 1.807) is 37.3 Å². The van der Waals surface area contributed by atoms with Gasteiger partial charge < -0.3 is 19.8 Å². The monoisotopic (exact) mass is 668 g/mol. The molecule has 0 radical (unpaired) electrons. The van der Waals surface area contributed by atoms with Crippen molar-refractivity contribution in [2.75, 3.05) is 29.9 Å². The first-order valence-electron chi connectivity index (χ1n) is 13.8. The van der Waals surface area contributed by atoms with Crippen LogP contribution < -0.4 is 14.4 Å². The maximum Gasteiger partial charge on any atom is 0.305 e. The van der Waals surface area contributed by atoms with Crippen molar-refractivity contribution < 1.29 is 27.5 Å². The number of nitrogens with zero attached hydrogens (tertiary/aromatic N) is 2. The van der Waals surface area contributed by atoms with Gasteiger partial charge in [0.1, 0.15) is 22.2 Å². The number of rotatable bonds is 14. The van der Waals surface area contributed by atoms with Gasteiger partial charge in [-0.15, -0.1) is 0 Å². The summed E-state index contributed by atoms with van der Waals surface area (Å²) in [6.07, 6.45) is 3.42. The number of H-pyrrole nitrogens is 1. The Morgan fingerprint density at radius 2 is 1.74 bits per heavy atom. The Labute approximate surface area is 259 Å². The number of methoxy groups -OCH3 is 1. The molecule has 2 N–H and O–H groups in total. The van der Waals surface area contributed by atoms with Gasteiger partial charge in [-0.25, -0.2) is 13.4 Å². The second kappa shape index (κ2) is 14.8. The second-order valence-corrected chi connectivity index (χ2v) is 12.2. The number of benzene rings is 3. The van der Waals surface area contributed by atoms with Crippen molar-refractivity contribution in [1.82, 2.24) is 9.97 Å². The lowest BCUT2D eigenvalue weighted by Crippen LogP contribution is -2.32. The van der Waals surface area contributed by atoms with Crippen molar-refractivity contribution >= 4 is 49.2 Å². The summed E-state index contributed by atoms with van der Waals surface area (Å²) in [6.45, 7) is 2.25. The molecule has 1 amide bonds. The zero-order valence-corrected chi connectivity index (χ0v) is 26.3. The van der Waals surface area contributed by atoms with Gasteiger partial charge in [-0.1, -0.05) is 52.7 Å². The number of nitrogens with one attached hydrogen (secondary N) is 2. The smallest absolute Gasteiger partial charge is 0.305 e. The highest BCUT2D eigenvalue weighted by atomic mass is 79.9. The molecule has 0 saturated heterocycles. The van der Waals surface area contributed by atoms with Crippen LogP contribution in [-0.4, -0.2) is 50.5 Å². The highest BCUT2D eigenvalue weighted by Gasteiger charge is 2.29. The van der Waals surface area contributed by atoms with Crippen LogP contribution in [-0.2, 0) is 19.6 Å². The van der Waals surface area contributed by atoms with E-state index in [9.17, 15) is 18.0 Å². The number of sulfonamides is 1. The van der Waals surface area contributed by atoms with Crippen LogP contribution in [0.2, 0.25) is 0 Å². The molecule has 0 bridgehead atoms. The molecule has 1 aromatic heterocycles. The van der Waals surface area contributed by atoms with Crippen LogP contribution in [0.4, 0.5) is 11.4 Å². The molecule has 0 aliphatic carbocycles. The molecule has 10 nitrogen and oxygen atoms in total. The number of carbonyl (C=O) groups excluding carboxylic acids is 2. The highest BCUT2D eigenvalue weighted by Crippen LogP contribution is 2.33. The first-order chi connectivity index (χ1) is 20.7. The van der Waals surface area contributed by atoms with Crippen LogP contribution in [0.1, 0.15) is 43.1 Å². The number of hydrogen-bond acceptors (Lipinski definition) is 7. The summed E-state index contributed by atoms with van der Waals surface area (Å²) in [4.78, 5) is 31.9. The molecule has 0 fully saturated rings. The number of aromatic amines is 1. The molecular weight excluding hydrogens is 636 g/mol. The van der Waals surface area contributed by atoms with Gasteiger partial charge in [-0.2, -0.15) is 0 Å². The molecule has 12 heteroatoms. The minimum absolute atomic E-state index is 0.100. The lowest BCUT2D eigenvalue weighted by Gasteiger charge is -2.26. The Morgan fingerprint density at radius 3 is 2.44 bits per heavy atom. The third kappa shape index (κ3) is 8.23. The summed E-state index contributed by atoms with van der Waals surface area (Å²) < 4.78 is 40.8. The normalized spacial score (nSPS) is 11.1. The first kappa shape index (κ1) is 31.8. The first-order valence-corrected chi connectivity index (χ1v) is 16.0. The summed E-state index contributed by atoms with van der Waals surface area (Å²) in [5.41, 5.74) is 1.79. The molecule has 3 aromatic carbocycles. The molecule has 43 heavy (non-hydrogen) atoms. The number of anilines is 2. The summed E-state index contributed by atoms with van der Waals surface area (Å²) in [5.74, 6) is -0.0732. The van der Waals surface area contributed by atoms with Crippen LogP contribution >= 0.6 is 15.9 Å². The molecule has 1 heterocycles. The van der Waals surface area contributed by atoms with Gasteiger partial charge in [0.25, 0.3) is 15.9 Å². The topological polar surface area (TPSA) is 131 Å². The molecule has 4 rings (SSSR count). The van der Waals surface area contributed by atoms with Gasteiger partial charge >= 0.3 is 5.97 Å². The Kier molecular flexibility index (Phi) is 11.0. The molecular formula is C31H33BrN4O6S. The fourth-order valence-electron chi connectivity index (χ4n) is 4.38. The summed E-state index contributed by atoms with van der Waals surface area (Å²) in [5, 5.41) is 2.76. The predicted octanol–water partition coefficient (Wildman–Crippen LogP) is 6.42. The molecule has 0 spiro atoms. The Hall–Kier alpha value is -4.16. The highest BCUT2D eigenvalue weighted by molar-refractivity contribution is 9.10. The Morgan fingerprint density at radius 1 is 1.00 bits per heavy atom. The van der Waals surface area contributed by atoms with E-state index in [2.05, 4.69) is 31.2 Å². The Bertz CT molecular complexity index is 1640. The van der Waals surface area contributed by atoms with Crippen LogP contribution in [0, 0.1) is 0 Å². The van der Waals surface area contributed by atoms with Crippen LogP contribution in [0.25, 0.3) is 11.4 Å². The standard InChI is InChI=1S/C31H33BrN4O6S/c1-3-42-29(37)12-8-5-9-19-36(25-16-13-23(32)14-17-25)43(39,40)28-20-24(15-18-27(28)41-2)34-31(38)26-21-33-30(35-26)22-10-6-4-7-11-22/h4,6-7,10-11,13-18,20-21H,3,5,8-9,12,19H2,1-2H3,(H,33,35)(H,34,38). The van der Waals surface area contributed by atoms with E-state index < -0.39 is 15.9 Å². The van der Waals surface area contributed by atoms with E-state index >= 15 is 0 Å². The minimum atomic E-state index is -4.15. The average Bonchev–Trinajstić information content (AvgIpc) is 3.51. The van der Waals surface area contributed by atoms with Crippen molar-refractivity contribution in [2.24, 2.45) is 0 Å². The SMILES string of the molecule is CCOC(=O)CCCCCN(c1ccc(Br)cc1)S(=O)(=O)c1cc(NC(=O)c2cnc(-c3ccccc3)[nH]2)ccc1OC. The van der Waals surface area contributed by atoms with Gasteiger partial charge in [0.05, 0.1) is 25.6 Å². The zero-order valence-electron chi connectivity index (χ0n) is 23.9. The number of imidazole rings is 1. The van der Waals surface area contributed by atoms with Crippen molar-refractivity contribution in [3.63, 3.8) is 0 Å². The predicted molar refractivity (Wildman–Crippen MR) is 169 cm³/mol. The average molecular weight is 670 g/mol. The maximum atomic E-state index is 14.2. The summed E-state index contributed by atoms with van der Waals surface area (Å²) >= 11 is 3.40. The number of carbonyl (C=O) groups is 2. The quantitative estimate of drug-likeness (QED) is 0.117. The molecule has 226 valence electrons. The molecule has 0 aliphatic heterocycles. The summed E-state index contributed by atoms with van der Waals surface area (Å²) in [7, 11) is -2.76. The van der Waals surface area contributed by atoms with Crippen LogP contribution in [0.3, 0.4) is 0 Å². The fraction of sp³-hybridized carbons (Fsp3) is 0.258. The van der Waals surface area contributed by atoms with Gasteiger partial charge in [-0.05, 0) is 62.2 Å². The maximum absolute atomic E-state index is 14.2. The number of aromatic nitrogens is 2. The van der Waals surface area contributed by atoms with E-state index in [1.807, 2.05) is 30.3 Å². The van der Waals surface area contributed by atoms with Crippen molar-refractivity contribution in [3.8, 4) is 17.1 Å². The van der Waals surface area contributed by atoms with Crippen molar-refractivity contribution in [1.29, 1.82) is 0 Å².